The minimum absolute atomic E-state index is 0.0379. The molecule has 146 valence electrons. The number of aromatic nitrogens is 2. The Kier molecular flexibility index (Phi) is 5.71. The molecule has 1 atom stereocenters. The molecule has 0 spiro atoms. The van der Waals surface area contributed by atoms with E-state index in [0.29, 0.717) is 18.1 Å². The lowest BCUT2D eigenvalue weighted by Gasteiger charge is -2.40. The van der Waals surface area contributed by atoms with Crippen molar-refractivity contribution in [3.8, 4) is 0 Å². The summed E-state index contributed by atoms with van der Waals surface area (Å²) in [5.74, 6) is 0.400. The molecule has 9 nitrogen and oxygen atoms in total. The summed E-state index contributed by atoms with van der Waals surface area (Å²) >= 11 is 0. The molecule has 0 bridgehead atoms. The standard InChI is InChI=1S/C18H26N6O3/c1-13(2)14(22-10-8-21(3)9-11-22)12-19-17-16(24(26)27)18(25)23-7-5-4-6-15(23)20-17/h4-7,13-14,19H,8-12H2,1-3H3. The molecule has 0 aliphatic carbocycles. The average Bonchev–Trinajstić information content (AvgIpc) is 2.63. The molecule has 0 amide bonds. The van der Waals surface area contributed by atoms with Crippen molar-refractivity contribution >= 4 is 17.2 Å². The maximum absolute atomic E-state index is 12.5. The van der Waals surface area contributed by atoms with E-state index in [1.807, 2.05) is 0 Å². The molecule has 3 heterocycles. The van der Waals surface area contributed by atoms with E-state index >= 15 is 0 Å². The molecular formula is C18H26N6O3. The normalized spacial score (nSPS) is 17.3. The lowest BCUT2D eigenvalue weighted by Crippen LogP contribution is -2.52. The van der Waals surface area contributed by atoms with Crippen LogP contribution in [0.4, 0.5) is 11.5 Å². The second kappa shape index (κ2) is 8.01. The maximum Gasteiger partial charge on any atom is 0.376 e. The molecule has 2 aromatic rings. The number of rotatable bonds is 6. The maximum atomic E-state index is 12.5. The smallest absolute Gasteiger partial charge is 0.363 e. The second-order valence-electron chi connectivity index (χ2n) is 7.33. The van der Waals surface area contributed by atoms with Gasteiger partial charge in [0.15, 0.2) is 0 Å². The molecule has 27 heavy (non-hydrogen) atoms. The molecule has 1 aliphatic rings. The van der Waals surface area contributed by atoms with Crippen LogP contribution in [0.3, 0.4) is 0 Å². The fraction of sp³-hybridized carbons (Fsp3) is 0.556. The van der Waals surface area contributed by atoms with Crippen LogP contribution in [0.2, 0.25) is 0 Å². The third-order valence-electron chi connectivity index (χ3n) is 5.15. The van der Waals surface area contributed by atoms with Gasteiger partial charge in [0.05, 0.1) is 4.92 Å². The summed E-state index contributed by atoms with van der Waals surface area (Å²) in [5.41, 5.74) is -0.801. The Morgan fingerprint density at radius 3 is 2.59 bits per heavy atom. The first-order chi connectivity index (χ1) is 12.9. The van der Waals surface area contributed by atoms with Crippen molar-refractivity contribution in [3.05, 3.63) is 44.9 Å². The van der Waals surface area contributed by atoms with Crippen molar-refractivity contribution < 1.29 is 4.92 Å². The van der Waals surface area contributed by atoms with E-state index in [1.54, 1.807) is 18.2 Å². The molecule has 1 unspecified atom stereocenters. The van der Waals surface area contributed by atoms with Gasteiger partial charge in [0.1, 0.15) is 5.65 Å². The number of anilines is 1. The molecule has 1 fully saturated rings. The van der Waals surface area contributed by atoms with Gasteiger partial charge in [0.2, 0.25) is 5.82 Å². The molecule has 1 N–H and O–H groups in total. The molecule has 0 radical (unpaired) electrons. The summed E-state index contributed by atoms with van der Waals surface area (Å²) in [6.45, 7) is 8.69. The number of nitro groups is 1. The highest BCUT2D eigenvalue weighted by molar-refractivity contribution is 5.59. The van der Waals surface area contributed by atoms with Crippen molar-refractivity contribution in [2.45, 2.75) is 19.9 Å². The van der Waals surface area contributed by atoms with Crippen LogP contribution < -0.4 is 10.9 Å². The molecule has 9 heteroatoms. The third-order valence-corrected chi connectivity index (χ3v) is 5.15. The monoisotopic (exact) mass is 374 g/mol. The van der Waals surface area contributed by atoms with E-state index in [0.717, 1.165) is 26.2 Å². The van der Waals surface area contributed by atoms with Gasteiger partial charge >= 0.3 is 11.2 Å². The first kappa shape index (κ1) is 19.2. The van der Waals surface area contributed by atoms with E-state index < -0.39 is 16.2 Å². The van der Waals surface area contributed by atoms with Gasteiger partial charge < -0.3 is 10.2 Å². The first-order valence-electron chi connectivity index (χ1n) is 9.20. The second-order valence-corrected chi connectivity index (χ2v) is 7.33. The number of piperazine rings is 1. The van der Waals surface area contributed by atoms with Gasteiger partial charge in [-0.05, 0) is 25.1 Å². The zero-order chi connectivity index (χ0) is 19.6. The van der Waals surface area contributed by atoms with E-state index in [-0.39, 0.29) is 11.9 Å². The number of fused-ring (bicyclic) bond motifs is 1. The number of hydrogen-bond acceptors (Lipinski definition) is 7. The topological polar surface area (TPSA) is 96.0 Å². The number of hydrogen-bond donors (Lipinski definition) is 1. The van der Waals surface area contributed by atoms with E-state index in [9.17, 15) is 14.9 Å². The Labute approximate surface area is 157 Å². The van der Waals surface area contributed by atoms with Crippen LogP contribution in [0.25, 0.3) is 5.65 Å². The molecule has 1 saturated heterocycles. The summed E-state index contributed by atoms with van der Waals surface area (Å²) in [6, 6.07) is 5.26. The average molecular weight is 374 g/mol. The lowest BCUT2D eigenvalue weighted by atomic mass is 10.0. The van der Waals surface area contributed by atoms with Crippen molar-refractivity contribution in [1.82, 2.24) is 19.2 Å². The van der Waals surface area contributed by atoms with Gasteiger partial charge in [-0.3, -0.25) is 24.2 Å². The largest absolute Gasteiger partial charge is 0.376 e. The van der Waals surface area contributed by atoms with Gasteiger partial charge in [-0.1, -0.05) is 19.9 Å². The highest BCUT2D eigenvalue weighted by Crippen LogP contribution is 2.20. The van der Waals surface area contributed by atoms with Crippen LogP contribution in [0.1, 0.15) is 13.8 Å². The van der Waals surface area contributed by atoms with E-state index in [4.69, 9.17) is 0 Å². The quantitative estimate of drug-likeness (QED) is 0.601. The highest BCUT2D eigenvalue weighted by atomic mass is 16.6. The fourth-order valence-electron chi connectivity index (χ4n) is 3.51. The highest BCUT2D eigenvalue weighted by Gasteiger charge is 2.28. The van der Waals surface area contributed by atoms with Crippen LogP contribution >= 0.6 is 0 Å². The van der Waals surface area contributed by atoms with Crippen molar-refractivity contribution in [2.24, 2.45) is 5.92 Å². The van der Waals surface area contributed by atoms with Crippen LogP contribution in [-0.4, -0.2) is 69.9 Å². The number of pyridine rings is 1. The molecule has 0 saturated carbocycles. The molecule has 0 aromatic carbocycles. The van der Waals surface area contributed by atoms with Crippen LogP contribution in [0.5, 0.6) is 0 Å². The fourth-order valence-corrected chi connectivity index (χ4v) is 3.51. The zero-order valence-corrected chi connectivity index (χ0v) is 16.0. The van der Waals surface area contributed by atoms with Crippen molar-refractivity contribution in [3.63, 3.8) is 0 Å². The summed E-state index contributed by atoms with van der Waals surface area (Å²) in [4.78, 5) is 32.4. The molecule has 1 aliphatic heterocycles. The predicted molar refractivity (Wildman–Crippen MR) is 104 cm³/mol. The first-order valence-corrected chi connectivity index (χ1v) is 9.20. The van der Waals surface area contributed by atoms with Gasteiger partial charge in [0.25, 0.3) is 0 Å². The number of nitrogens with zero attached hydrogens (tertiary/aromatic N) is 5. The van der Waals surface area contributed by atoms with Crippen molar-refractivity contribution in [2.75, 3.05) is 45.1 Å². The third kappa shape index (κ3) is 4.09. The zero-order valence-electron chi connectivity index (χ0n) is 16.0. The molecular weight excluding hydrogens is 348 g/mol. The number of likely N-dealkylation sites (N-methyl/N-ethyl adjacent to an activating group) is 1. The Morgan fingerprint density at radius 1 is 1.26 bits per heavy atom. The minimum Gasteiger partial charge on any atom is -0.363 e. The summed E-state index contributed by atoms with van der Waals surface area (Å²) in [5, 5.41) is 14.6. The van der Waals surface area contributed by atoms with Gasteiger partial charge in [-0.15, -0.1) is 0 Å². The van der Waals surface area contributed by atoms with Gasteiger partial charge in [0, 0.05) is 45.0 Å². The van der Waals surface area contributed by atoms with Crippen LogP contribution in [0.15, 0.2) is 29.2 Å². The molecule has 2 aromatic heterocycles. The Hall–Kier alpha value is -2.52. The summed E-state index contributed by atoms with van der Waals surface area (Å²) in [7, 11) is 2.11. The predicted octanol–water partition coefficient (Wildman–Crippen LogP) is 1.29. The lowest BCUT2D eigenvalue weighted by molar-refractivity contribution is -0.385. The minimum atomic E-state index is -0.672. The van der Waals surface area contributed by atoms with Crippen molar-refractivity contribution in [1.29, 1.82) is 0 Å². The Bertz CT molecular complexity index is 873. The van der Waals surface area contributed by atoms with E-state index in [1.165, 1.54) is 10.6 Å². The van der Waals surface area contributed by atoms with Crippen LogP contribution in [-0.2, 0) is 0 Å². The Morgan fingerprint density at radius 2 is 1.96 bits per heavy atom. The van der Waals surface area contributed by atoms with Crippen LogP contribution in [0, 0.1) is 16.0 Å². The van der Waals surface area contributed by atoms with Gasteiger partial charge in [-0.25, -0.2) is 4.98 Å². The van der Waals surface area contributed by atoms with Gasteiger partial charge in [-0.2, -0.15) is 0 Å². The summed E-state index contributed by atoms with van der Waals surface area (Å²) < 4.78 is 1.20. The number of nitrogens with one attached hydrogen (secondary N) is 1. The Balaban J connectivity index is 1.87. The summed E-state index contributed by atoms with van der Waals surface area (Å²) in [6.07, 6.45) is 1.49. The molecule has 3 rings (SSSR count). The SMILES string of the molecule is CC(C)C(CNc1nc2ccccn2c(=O)c1[N+](=O)[O-])N1CCN(C)CC1. The van der Waals surface area contributed by atoms with E-state index in [2.05, 4.69) is 41.0 Å².